The molecule has 0 aromatic heterocycles. The molecule has 0 saturated heterocycles. The molecule has 0 saturated carbocycles. The Hall–Kier alpha value is -3.50. The number of carbonyl (C=O) groups is 2. The van der Waals surface area contributed by atoms with Crippen LogP contribution in [0.1, 0.15) is 37.8 Å². The summed E-state index contributed by atoms with van der Waals surface area (Å²) in [7, 11) is -3.86. The van der Waals surface area contributed by atoms with Gasteiger partial charge in [-0.2, -0.15) is 0 Å². The number of sulfonamides is 1. The number of anilines is 1. The zero-order chi connectivity index (χ0) is 30.2. The molecule has 3 aromatic carbocycles. The van der Waals surface area contributed by atoms with Crippen LogP contribution in [0.15, 0.2) is 72.8 Å². The second-order valence-electron chi connectivity index (χ2n) is 10.1. The molecule has 0 spiro atoms. The summed E-state index contributed by atoms with van der Waals surface area (Å²) >= 11 is 6.05. The summed E-state index contributed by atoms with van der Waals surface area (Å²) in [6.07, 6.45) is 1.20. The van der Waals surface area contributed by atoms with E-state index >= 15 is 0 Å². The number of amides is 2. The van der Waals surface area contributed by atoms with E-state index in [4.69, 9.17) is 11.6 Å². The molecular formula is C30H34ClF2N3O4S. The van der Waals surface area contributed by atoms with Crippen molar-refractivity contribution in [3.05, 3.63) is 101 Å². The van der Waals surface area contributed by atoms with E-state index in [1.165, 1.54) is 11.0 Å². The Morgan fingerprint density at radius 1 is 0.927 bits per heavy atom. The average Bonchev–Trinajstić information content (AvgIpc) is 2.90. The van der Waals surface area contributed by atoms with Crippen molar-refractivity contribution < 1.29 is 26.8 Å². The van der Waals surface area contributed by atoms with E-state index < -0.39 is 27.7 Å². The van der Waals surface area contributed by atoms with Crippen LogP contribution in [0.25, 0.3) is 0 Å². The molecule has 2 amide bonds. The summed E-state index contributed by atoms with van der Waals surface area (Å²) in [5.41, 5.74) is 1.58. The van der Waals surface area contributed by atoms with Crippen LogP contribution in [0.3, 0.4) is 0 Å². The number of carbonyl (C=O) groups excluding carboxylic acids is 2. The average molecular weight is 606 g/mol. The standard InChI is InChI=1S/C30H34ClF2N3O4S/c1-21(2)34-30(38)28(18-22-8-5-4-6-9-22)35(20-23-11-13-24(31)14-12-23)29(37)10-7-17-36(41(3,39)40)25-15-16-26(32)27(33)19-25/h4-6,8-9,11-16,19,21,28H,7,10,17-18,20H2,1-3H3,(H,34,38)/t28-/m0/s1. The van der Waals surface area contributed by atoms with Gasteiger partial charge in [0.2, 0.25) is 21.8 Å². The SMILES string of the molecule is CC(C)NC(=O)[C@H](Cc1ccccc1)N(Cc1ccc(Cl)cc1)C(=O)CCCN(c1ccc(F)c(F)c1)S(C)(=O)=O. The van der Waals surface area contributed by atoms with Gasteiger partial charge in [-0.25, -0.2) is 17.2 Å². The highest BCUT2D eigenvalue weighted by molar-refractivity contribution is 7.92. The predicted octanol–water partition coefficient (Wildman–Crippen LogP) is 5.33. The number of hydrogen-bond acceptors (Lipinski definition) is 4. The molecule has 0 heterocycles. The van der Waals surface area contributed by atoms with Crippen molar-refractivity contribution in [2.24, 2.45) is 0 Å². The van der Waals surface area contributed by atoms with Crippen molar-refractivity contribution >= 4 is 39.1 Å². The van der Waals surface area contributed by atoms with Gasteiger partial charge in [0.25, 0.3) is 0 Å². The highest BCUT2D eigenvalue weighted by Crippen LogP contribution is 2.22. The minimum Gasteiger partial charge on any atom is -0.352 e. The zero-order valence-corrected chi connectivity index (χ0v) is 24.8. The molecular weight excluding hydrogens is 572 g/mol. The molecule has 0 fully saturated rings. The van der Waals surface area contributed by atoms with Gasteiger partial charge in [0, 0.05) is 43.1 Å². The van der Waals surface area contributed by atoms with E-state index in [9.17, 15) is 26.8 Å². The van der Waals surface area contributed by atoms with E-state index in [0.717, 1.165) is 33.8 Å². The maximum atomic E-state index is 13.8. The Balaban J connectivity index is 1.88. The van der Waals surface area contributed by atoms with Crippen LogP contribution in [0, 0.1) is 11.6 Å². The van der Waals surface area contributed by atoms with Gasteiger partial charge in [0.05, 0.1) is 11.9 Å². The first-order valence-electron chi connectivity index (χ1n) is 13.2. The lowest BCUT2D eigenvalue weighted by Crippen LogP contribution is -2.51. The molecule has 3 aromatic rings. The van der Waals surface area contributed by atoms with E-state index in [1.807, 2.05) is 44.2 Å². The highest BCUT2D eigenvalue weighted by Gasteiger charge is 2.31. The zero-order valence-electron chi connectivity index (χ0n) is 23.2. The Labute approximate surface area is 245 Å². The van der Waals surface area contributed by atoms with Gasteiger partial charge in [0.15, 0.2) is 11.6 Å². The van der Waals surface area contributed by atoms with Crippen LogP contribution in [-0.4, -0.2) is 50.0 Å². The molecule has 0 bridgehead atoms. The molecule has 0 aliphatic carbocycles. The van der Waals surface area contributed by atoms with Crippen molar-refractivity contribution in [1.29, 1.82) is 0 Å². The minimum absolute atomic E-state index is 0.0462. The second-order valence-corrected chi connectivity index (χ2v) is 12.4. The van der Waals surface area contributed by atoms with Crippen molar-refractivity contribution in [3.8, 4) is 0 Å². The molecule has 41 heavy (non-hydrogen) atoms. The van der Waals surface area contributed by atoms with Gasteiger partial charge in [-0.1, -0.05) is 54.1 Å². The largest absolute Gasteiger partial charge is 0.352 e. The molecule has 220 valence electrons. The Morgan fingerprint density at radius 3 is 2.17 bits per heavy atom. The summed E-state index contributed by atoms with van der Waals surface area (Å²) in [6, 6.07) is 18.1. The van der Waals surface area contributed by atoms with Crippen molar-refractivity contribution in [1.82, 2.24) is 10.2 Å². The van der Waals surface area contributed by atoms with Crippen LogP contribution < -0.4 is 9.62 Å². The first-order chi connectivity index (χ1) is 19.3. The fourth-order valence-corrected chi connectivity index (χ4v) is 5.45. The molecule has 1 atom stereocenters. The number of benzene rings is 3. The molecule has 0 aliphatic rings. The van der Waals surface area contributed by atoms with Gasteiger partial charge in [0.1, 0.15) is 6.04 Å². The lowest BCUT2D eigenvalue weighted by molar-refractivity contribution is -0.141. The number of halogens is 3. The van der Waals surface area contributed by atoms with E-state index in [-0.39, 0.29) is 55.9 Å². The van der Waals surface area contributed by atoms with Crippen LogP contribution in [0.5, 0.6) is 0 Å². The first-order valence-corrected chi connectivity index (χ1v) is 15.4. The Kier molecular flexibility index (Phi) is 11.3. The summed E-state index contributed by atoms with van der Waals surface area (Å²) in [6.45, 7) is 3.64. The van der Waals surface area contributed by atoms with Crippen molar-refractivity contribution in [2.45, 2.75) is 51.7 Å². The minimum atomic E-state index is -3.86. The van der Waals surface area contributed by atoms with E-state index in [1.54, 1.807) is 24.3 Å². The van der Waals surface area contributed by atoms with Gasteiger partial charge in [-0.05, 0) is 55.7 Å². The normalized spacial score (nSPS) is 12.2. The van der Waals surface area contributed by atoms with E-state index in [2.05, 4.69) is 5.32 Å². The predicted molar refractivity (Wildman–Crippen MR) is 157 cm³/mol. The van der Waals surface area contributed by atoms with Crippen LogP contribution in [-0.2, 0) is 32.6 Å². The molecule has 11 heteroatoms. The number of nitrogens with one attached hydrogen (secondary N) is 1. The first kappa shape index (κ1) is 32.0. The van der Waals surface area contributed by atoms with E-state index in [0.29, 0.717) is 5.02 Å². The molecule has 0 radical (unpaired) electrons. The lowest BCUT2D eigenvalue weighted by Gasteiger charge is -2.32. The van der Waals surface area contributed by atoms with Crippen LogP contribution >= 0.6 is 11.6 Å². The monoisotopic (exact) mass is 605 g/mol. The maximum Gasteiger partial charge on any atom is 0.243 e. The summed E-state index contributed by atoms with van der Waals surface area (Å²) < 4.78 is 53.1. The Morgan fingerprint density at radius 2 is 1.59 bits per heavy atom. The number of nitrogens with zero attached hydrogens (tertiary/aromatic N) is 2. The number of hydrogen-bond donors (Lipinski definition) is 1. The maximum absolute atomic E-state index is 13.8. The smallest absolute Gasteiger partial charge is 0.243 e. The molecule has 0 unspecified atom stereocenters. The fraction of sp³-hybridized carbons (Fsp3) is 0.333. The second kappa shape index (κ2) is 14.4. The third kappa shape index (κ3) is 9.54. The van der Waals surface area contributed by atoms with Gasteiger partial charge in [-0.15, -0.1) is 0 Å². The van der Waals surface area contributed by atoms with Gasteiger partial charge >= 0.3 is 0 Å². The summed E-state index contributed by atoms with van der Waals surface area (Å²) in [5, 5.41) is 3.44. The van der Waals surface area contributed by atoms with Crippen LogP contribution in [0.2, 0.25) is 5.02 Å². The molecule has 7 nitrogen and oxygen atoms in total. The molecule has 1 N–H and O–H groups in total. The highest BCUT2D eigenvalue weighted by atomic mass is 35.5. The molecule has 0 aliphatic heterocycles. The van der Waals surface area contributed by atoms with Crippen molar-refractivity contribution in [2.75, 3.05) is 17.1 Å². The third-order valence-electron chi connectivity index (χ3n) is 6.31. The fourth-order valence-electron chi connectivity index (χ4n) is 4.37. The topological polar surface area (TPSA) is 86.8 Å². The van der Waals surface area contributed by atoms with Gasteiger partial charge < -0.3 is 10.2 Å². The van der Waals surface area contributed by atoms with Crippen molar-refractivity contribution in [3.63, 3.8) is 0 Å². The molecule has 3 rings (SSSR count). The quantitative estimate of drug-likeness (QED) is 0.285. The summed E-state index contributed by atoms with van der Waals surface area (Å²) in [5.74, 6) is -2.95. The third-order valence-corrected chi connectivity index (χ3v) is 7.76. The lowest BCUT2D eigenvalue weighted by atomic mass is 10.0. The summed E-state index contributed by atoms with van der Waals surface area (Å²) in [4.78, 5) is 28.7. The van der Waals surface area contributed by atoms with Crippen LogP contribution in [0.4, 0.5) is 14.5 Å². The number of rotatable bonds is 13. The Bertz CT molecular complexity index is 1440. The van der Waals surface area contributed by atoms with Gasteiger partial charge in [-0.3, -0.25) is 13.9 Å².